The number of carbonyl (C=O) groups is 2. The predicted octanol–water partition coefficient (Wildman–Crippen LogP) is 5.23. The molecule has 0 spiro atoms. The van der Waals surface area contributed by atoms with Crippen LogP contribution in [0.15, 0.2) is 77.2 Å². The number of hydrogen-bond donors (Lipinski definition) is 1. The first-order valence-corrected chi connectivity index (χ1v) is 9.15. The van der Waals surface area contributed by atoms with Crippen molar-refractivity contribution in [2.75, 3.05) is 12.4 Å². The normalized spacial score (nSPS) is 10.7. The molecule has 0 fully saturated rings. The van der Waals surface area contributed by atoms with Crippen LogP contribution in [0.2, 0.25) is 0 Å². The van der Waals surface area contributed by atoms with E-state index in [1.807, 2.05) is 37.3 Å². The molecule has 0 aliphatic heterocycles. The van der Waals surface area contributed by atoms with Crippen molar-refractivity contribution in [2.45, 2.75) is 6.92 Å². The summed E-state index contributed by atoms with van der Waals surface area (Å²) in [6.07, 6.45) is 0. The number of benzene rings is 3. The molecule has 1 N–H and O–H groups in total. The van der Waals surface area contributed by atoms with Gasteiger partial charge in [0.05, 0.1) is 18.4 Å². The van der Waals surface area contributed by atoms with Crippen molar-refractivity contribution in [1.29, 1.82) is 0 Å². The van der Waals surface area contributed by atoms with Crippen LogP contribution < -0.4 is 10.1 Å². The first-order valence-electron chi connectivity index (χ1n) is 9.15. The zero-order valence-corrected chi connectivity index (χ0v) is 16.1. The third-order valence-corrected chi connectivity index (χ3v) is 4.71. The van der Waals surface area contributed by atoms with Crippen LogP contribution in [0.3, 0.4) is 0 Å². The lowest BCUT2D eigenvalue weighted by Crippen LogP contribution is -2.15. The largest absolute Gasteiger partial charge is 0.496 e. The van der Waals surface area contributed by atoms with Gasteiger partial charge in [0, 0.05) is 10.9 Å². The maximum atomic E-state index is 13.1. The van der Waals surface area contributed by atoms with E-state index in [0.717, 1.165) is 5.56 Å². The molecule has 0 aliphatic rings. The van der Waals surface area contributed by atoms with Gasteiger partial charge in [0.2, 0.25) is 5.78 Å². The Morgan fingerprint density at radius 3 is 2.34 bits per heavy atom. The minimum absolute atomic E-state index is 0.0956. The molecule has 0 saturated carbocycles. The highest BCUT2D eigenvalue weighted by Crippen LogP contribution is 2.33. The zero-order valence-electron chi connectivity index (χ0n) is 16.1. The molecule has 0 bridgehead atoms. The van der Waals surface area contributed by atoms with E-state index in [4.69, 9.17) is 9.15 Å². The number of fused-ring (bicyclic) bond motifs is 1. The summed E-state index contributed by atoms with van der Waals surface area (Å²) in [5.74, 6) is -0.133. The second-order valence-electron chi connectivity index (χ2n) is 6.65. The number of rotatable bonds is 5. The molecule has 0 saturated heterocycles. The Hall–Kier alpha value is -3.86. The van der Waals surface area contributed by atoms with E-state index >= 15 is 0 Å². The molecule has 5 heteroatoms. The van der Waals surface area contributed by atoms with Crippen molar-refractivity contribution in [3.63, 3.8) is 0 Å². The Labute approximate surface area is 167 Å². The number of anilines is 1. The summed E-state index contributed by atoms with van der Waals surface area (Å²) in [4.78, 5) is 26.1. The summed E-state index contributed by atoms with van der Waals surface area (Å²) < 4.78 is 11.1. The summed E-state index contributed by atoms with van der Waals surface area (Å²) in [5.41, 5.74) is 2.78. The molecule has 1 aromatic heterocycles. The summed E-state index contributed by atoms with van der Waals surface area (Å²) in [6.45, 7) is 1.95. The highest BCUT2D eigenvalue weighted by Gasteiger charge is 2.24. The smallest absolute Gasteiger partial charge is 0.259 e. The predicted molar refractivity (Wildman–Crippen MR) is 112 cm³/mol. The maximum absolute atomic E-state index is 13.1. The molecule has 5 nitrogen and oxygen atoms in total. The number of nitrogens with one attached hydrogen (secondary N) is 1. The Morgan fingerprint density at radius 1 is 0.897 bits per heavy atom. The topological polar surface area (TPSA) is 68.5 Å². The van der Waals surface area contributed by atoms with Crippen LogP contribution in [0.25, 0.3) is 11.0 Å². The molecule has 1 heterocycles. The van der Waals surface area contributed by atoms with Crippen LogP contribution in [-0.2, 0) is 0 Å². The number of hydrogen-bond acceptors (Lipinski definition) is 4. The SMILES string of the molecule is COc1ccccc1C(=O)Nc1c(C(=O)c2ccc(C)cc2)oc2ccccc12. The molecule has 4 aromatic rings. The van der Waals surface area contributed by atoms with Crippen LogP contribution >= 0.6 is 0 Å². The van der Waals surface area contributed by atoms with Gasteiger partial charge in [-0.05, 0) is 31.2 Å². The lowest BCUT2D eigenvalue weighted by Gasteiger charge is -2.09. The van der Waals surface area contributed by atoms with Crippen LogP contribution in [0, 0.1) is 6.92 Å². The second-order valence-corrected chi connectivity index (χ2v) is 6.65. The Balaban J connectivity index is 1.79. The average molecular weight is 385 g/mol. The van der Waals surface area contributed by atoms with Crippen LogP contribution in [0.5, 0.6) is 5.75 Å². The van der Waals surface area contributed by atoms with E-state index in [2.05, 4.69) is 5.32 Å². The molecule has 4 rings (SSSR count). The Kier molecular flexibility index (Phi) is 4.87. The molecule has 0 atom stereocenters. The first-order chi connectivity index (χ1) is 14.1. The van der Waals surface area contributed by atoms with Crippen LogP contribution in [0.4, 0.5) is 5.69 Å². The average Bonchev–Trinajstić information content (AvgIpc) is 3.12. The minimum Gasteiger partial charge on any atom is -0.496 e. The summed E-state index contributed by atoms with van der Waals surface area (Å²) >= 11 is 0. The first kappa shape index (κ1) is 18.5. The second kappa shape index (κ2) is 7.64. The minimum atomic E-state index is -0.382. The summed E-state index contributed by atoms with van der Waals surface area (Å²) in [7, 11) is 1.51. The van der Waals surface area contributed by atoms with Gasteiger partial charge in [0.1, 0.15) is 11.3 Å². The molecule has 144 valence electrons. The van der Waals surface area contributed by atoms with E-state index in [1.165, 1.54) is 7.11 Å². The van der Waals surface area contributed by atoms with Crippen LogP contribution in [0.1, 0.15) is 32.0 Å². The number of ether oxygens (including phenoxy) is 1. The number of furan rings is 1. The molecule has 0 aliphatic carbocycles. The molecule has 3 aromatic carbocycles. The van der Waals surface area contributed by atoms with Crippen molar-refractivity contribution >= 4 is 28.3 Å². The monoisotopic (exact) mass is 385 g/mol. The van der Waals surface area contributed by atoms with Gasteiger partial charge in [0.25, 0.3) is 5.91 Å². The highest BCUT2D eigenvalue weighted by molar-refractivity contribution is 6.19. The summed E-state index contributed by atoms with van der Waals surface area (Å²) in [6, 6.07) is 21.4. The maximum Gasteiger partial charge on any atom is 0.259 e. The van der Waals surface area contributed by atoms with Gasteiger partial charge in [0.15, 0.2) is 5.76 Å². The fourth-order valence-electron chi connectivity index (χ4n) is 3.18. The third kappa shape index (κ3) is 3.50. The molecule has 0 radical (unpaired) electrons. The van der Waals surface area contributed by atoms with E-state index in [0.29, 0.717) is 33.5 Å². The van der Waals surface area contributed by atoms with Crippen molar-refractivity contribution in [3.05, 3.63) is 95.2 Å². The Morgan fingerprint density at radius 2 is 1.59 bits per heavy atom. The quantitative estimate of drug-likeness (QED) is 0.478. The van der Waals surface area contributed by atoms with E-state index in [-0.39, 0.29) is 17.5 Å². The van der Waals surface area contributed by atoms with Crippen molar-refractivity contribution < 1.29 is 18.7 Å². The van der Waals surface area contributed by atoms with E-state index in [9.17, 15) is 9.59 Å². The number of carbonyl (C=O) groups excluding carboxylic acids is 2. The van der Waals surface area contributed by atoms with Crippen molar-refractivity contribution in [1.82, 2.24) is 0 Å². The highest BCUT2D eigenvalue weighted by atomic mass is 16.5. The molecule has 0 unspecified atom stereocenters. The summed E-state index contributed by atoms with van der Waals surface area (Å²) in [5, 5.41) is 3.51. The number of amides is 1. The standard InChI is InChI=1S/C24H19NO4/c1-15-11-13-16(14-12-15)22(26)23-21(17-7-3-6-10-20(17)29-23)25-24(27)18-8-4-5-9-19(18)28-2/h3-14H,1-2H3,(H,25,27). The van der Waals surface area contributed by atoms with E-state index < -0.39 is 0 Å². The van der Waals surface area contributed by atoms with Gasteiger partial charge in [-0.1, -0.05) is 54.1 Å². The lowest BCUT2D eigenvalue weighted by atomic mass is 10.1. The number of aryl methyl sites for hydroxylation is 1. The number of para-hydroxylation sites is 2. The van der Waals surface area contributed by atoms with Gasteiger partial charge in [-0.2, -0.15) is 0 Å². The van der Waals surface area contributed by atoms with Gasteiger partial charge in [-0.25, -0.2) is 0 Å². The van der Waals surface area contributed by atoms with Gasteiger partial charge < -0.3 is 14.5 Å². The molecule has 29 heavy (non-hydrogen) atoms. The van der Waals surface area contributed by atoms with Crippen molar-refractivity contribution in [3.8, 4) is 5.75 Å². The number of ketones is 1. The molecular formula is C24H19NO4. The molecule has 1 amide bonds. The zero-order chi connectivity index (χ0) is 20.4. The fourth-order valence-corrected chi connectivity index (χ4v) is 3.18. The van der Waals surface area contributed by atoms with Gasteiger partial charge in [-0.15, -0.1) is 0 Å². The fraction of sp³-hybridized carbons (Fsp3) is 0.0833. The van der Waals surface area contributed by atoms with E-state index in [1.54, 1.807) is 42.5 Å². The van der Waals surface area contributed by atoms with Gasteiger partial charge >= 0.3 is 0 Å². The van der Waals surface area contributed by atoms with Gasteiger partial charge in [-0.3, -0.25) is 9.59 Å². The van der Waals surface area contributed by atoms with Crippen LogP contribution in [-0.4, -0.2) is 18.8 Å². The lowest BCUT2D eigenvalue weighted by molar-refractivity contribution is 0.101. The number of methoxy groups -OCH3 is 1. The third-order valence-electron chi connectivity index (χ3n) is 4.71. The Bertz CT molecular complexity index is 1210. The van der Waals surface area contributed by atoms with Crippen molar-refractivity contribution in [2.24, 2.45) is 0 Å². The molecular weight excluding hydrogens is 366 g/mol.